The number of amides is 2. The van der Waals surface area contributed by atoms with Crippen LogP contribution in [0.4, 0.5) is 11.4 Å². The number of carbonyl (C=O) groups is 2. The molecule has 27 heavy (non-hydrogen) atoms. The molecule has 0 saturated heterocycles. The summed E-state index contributed by atoms with van der Waals surface area (Å²) in [5.41, 5.74) is 2.56. The summed E-state index contributed by atoms with van der Waals surface area (Å²) in [7, 11) is 0. The number of rotatable bonds is 6. The van der Waals surface area contributed by atoms with Gasteiger partial charge in [-0.05, 0) is 36.8 Å². The molecule has 1 aromatic heterocycles. The van der Waals surface area contributed by atoms with Crippen molar-refractivity contribution in [2.24, 2.45) is 0 Å². The highest BCUT2D eigenvalue weighted by Crippen LogP contribution is 2.25. The zero-order valence-corrected chi connectivity index (χ0v) is 15.7. The van der Waals surface area contributed by atoms with Crippen LogP contribution in [0.2, 0.25) is 0 Å². The summed E-state index contributed by atoms with van der Waals surface area (Å²) in [6.07, 6.45) is 0. The lowest BCUT2D eigenvalue weighted by atomic mass is 10.1. The highest BCUT2D eigenvalue weighted by Gasteiger charge is 2.13. The number of thioether (sulfide) groups is 1. The molecule has 0 aliphatic rings. The van der Waals surface area contributed by atoms with Gasteiger partial charge in [-0.25, -0.2) is 0 Å². The fourth-order valence-corrected chi connectivity index (χ4v) is 2.91. The Kier molecular flexibility index (Phi) is 5.87. The fourth-order valence-electron chi connectivity index (χ4n) is 2.30. The van der Waals surface area contributed by atoms with Gasteiger partial charge in [0, 0.05) is 12.5 Å². The number of aryl methyl sites for hydroxylation is 2. The van der Waals surface area contributed by atoms with Gasteiger partial charge in [0.2, 0.25) is 11.8 Å². The molecule has 0 aliphatic carbocycles. The number of nitrogens with one attached hydrogen (secondary N) is 2. The summed E-state index contributed by atoms with van der Waals surface area (Å²) in [6.45, 7) is 3.60. The van der Waals surface area contributed by atoms with Gasteiger partial charge >= 0.3 is 0 Å². The van der Waals surface area contributed by atoms with Gasteiger partial charge in [0.25, 0.3) is 11.1 Å². The molecule has 2 N–H and O–H groups in total. The first kappa shape index (κ1) is 18.7. The second-order valence-corrected chi connectivity index (χ2v) is 6.72. The van der Waals surface area contributed by atoms with E-state index in [4.69, 9.17) is 4.42 Å². The normalized spacial score (nSPS) is 10.4. The fraction of sp³-hybridized carbons (Fsp3) is 0.158. The van der Waals surface area contributed by atoms with Crippen molar-refractivity contribution in [1.82, 2.24) is 10.2 Å². The first-order valence-electron chi connectivity index (χ1n) is 8.21. The van der Waals surface area contributed by atoms with E-state index in [1.165, 1.54) is 0 Å². The van der Waals surface area contributed by atoms with Crippen LogP contribution in [0.15, 0.2) is 58.2 Å². The van der Waals surface area contributed by atoms with Gasteiger partial charge in [0.1, 0.15) is 0 Å². The Bertz CT molecular complexity index is 957. The second-order valence-electron chi connectivity index (χ2n) is 5.79. The molecule has 2 amide bonds. The lowest BCUT2D eigenvalue weighted by Crippen LogP contribution is -2.18. The Morgan fingerprint density at radius 1 is 1.00 bits per heavy atom. The first-order chi connectivity index (χ1) is 13.0. The van der Waals surface area contributed by atoms with E-state index in [2.05, 4.69) is 20.8 Å². The quantitative estimate of drug-likeness (QED) is 0.632. The zero-order valence-electron chi connectivity index (χ0n) is 14.9. The average Bonchev–Trinajstić information content (AvgIpc) is 3.08. The smallest absolute Gasteiger partial charge is 0.277 e. The van der Waals surface area contributed by atoms with Crippen LogP contribution in [0.5, 0.6) is 0 Å². The lowest BCUT2D eigenvalue weighted by molar-refractivity contribution is -0.113. The molecule has 3 aromatic rings. The minimum atomic E-state index is -0.245. The summed E-state index contributed by atoms with van der Waals surface area (Å²) >= 11 is 1.15. The molecule has 0 spiro atoms. The van der Waals surface area contributed by atoms with Crippen molar-refractivity contribution in [3.8, 4) is 0 Å². The number of carbonyl (C=O) groups excluding carboxylic acids is 2. The van der Waals surface area contributed by atoms with E-state index >= 15 is 0 Å². The minimum absolute atomic E-state index is 0.113. The SMILES string of the molecule is Cc1ccc(NC(=O)c2ccccc2)c(NC(=O)CSc2nnc(C)o2)c1. The van der Waals surface area contributed by atoms with Crippen molar-refractivity contribution in [1.29, 1.82) is 0 Å². The molecule has 0 unspecified atom stereocenters. The molecule has 8 heteroatoms. The highest BCUT2D eigenvalue weighted by atomic mass is 32.2. The molecule has 1 heterocycles. The molecule has 2 aromatic carbocycles. The molecule has 0 bridgehead atoms. The minimum Gasteiger partial charge on any atom is -0.416 e. The summed E-state index contributed by atoms with van der Waals surface area (Å²) in [4.78, 5) is 24.7. The van der Waals surface area contributed by atoms with E-state index in [0.717, 1.165) is 17.3 Å². The monoisotopic (exact) mass is 382 g/mol. The number of nitrogens with zero attached hydrogens (tertiary/aromatic N) is 2. The maximum absolute atomic E-state index is 12.4. The lowest BCUT2D eigenvalue weighted by Gasteiger charge is -2.13. The van der Waals surface area contributed by atoms with Crippen LogP contribution < -0.4 is 10.6 Å². The Hall–Kier alpha value is -3.13. The van der Waals surface area contributed by atoms with Gasteiger partial charge < -0.3 is 15.1 Å². The molecule has 3 rings (SSSR count). The molecule has 7 nitrogen and oxygen atoms in total. The molecule has 0 saturated carbocycles. The molecule has 0 fully saturated rings. The van der Waals surface area contributed by atoms with Gasteiger partial charge in [-0.15, -0.1) is 10.2 Å². The third kappa shape index (κ3) is 5.18. The average molecular weight is 382 g/mol. The summed E-state index contributed by atoms with van der Waals surface area (Å²) in [5.74, 6) is 0.0755. The molecule has 138 valence electrons. The predicted molar refractivity (Wildman–Crippen MR) is 104 cm³/mol. The van der Waals surface area contributed by atoms with Gasteiger partial charge in [0.15, 0.2) is 0 Å². The zero-order chi connectivity index (χ0) is 19.2. The molecular weight excluding hydrogens is 364 g/mol. The largest absolute Gasteiger partial charge is 0.416 e. The molecule has 0 atom stereocenters. The van der Waals surface area contributed by atoms with Crippen molar-refractivity contribution >= 4 is 35.0 Å². The Balaban J connectivity index is 1.68. The van der Waals surface area contributed by atoms with E-state index in [-0.39, 0.29) is 17.6 Å². The Morgan fingerprint density at radius 3 is 2.48 bits per heavy atom. The summed E-state index contributed by atoms with van der Waals surface area (Å²) in [5, 5.41) is 13.6. The van der Waals surface area contributed by atoms with E-state index in [1.54, 1.807) is 43.3 Å². The summed E-state index contributed by atoms with van der Waals surface area (Å²) in [6, 6.07) is 14.3. The van der Waals surface area contributed by atoms with Crippen molar-refractivity contribution in [2.45, 2.75) is 19.1 Å². The van der Waals surface area contributed by atoms with Gasteiger partial charge in [-0.3, -0.25) is 9.59 Å². The Labute approximate surface area is 160 Å². The van der Waals surface area contributed by atoms with Crippen LogP contribution in [0, 0.1) is 13.8 Å². The standard InChI is InChI=1S/C19H18N4O3S/c1-12-8-9-15(21-18(25)14-6-4-3-5-7-14)16(10-12)20-17(24)11-27-19-23-22-13(2)26-19/h3-10H,11H2,1-2H3,(H,20,24)(H,21,25). The van der Waals surface area contributed by atoms with E-state index < -0.39 is 0 Å². The summed E-state index contributed by atoms with van der Waals surface area (Å²) < 4.78 is 5.23. The van der Waals surface area contributed by atoms with Crippen LogP contribution in [0.3, 0.4) is 0 Å². The van der Waals surface area contributed by atoms with Crippen LogP contribution in [0.1, 0.15) is 21.8 Å². The number of hydrogen-bond donors (Lipinski definition) is 2. The van der Waals surface area contributed by atoms with Crippen LogP contribution >= 0.6 is 11.8 Å². The highest BCUT2D eigenvalue weighted by molar-refractivity contribution is 7.99. The van der Waals surface area contributed by atoms with Gasteiger partial charge in [-0.1, -0.05) is 36.0 Å². The second kappa shape index (κ2) is 8.50. The van der Waals surface area contributed by atoms with Crippen molar-refractivity contribution < 1.29 is 14.0 Å². The van der Waals surface area contributed by atoms with Crippen LogP contribution in [-0.4, -0.2) is 27.8 Å². The number of benzene rings is 2. The molecule has 0 aliphatic heterocycles. The Morgan fingerprint density at radius 2 is 1.78 bits per heavy atom. The van der Waals surface area contributed by atoms with E-state index in [0.29, 0.717) is 28.1 Å². The maximum atomic E-state index is 12.4. The first-order valence-corrected chi connectivity index (χ1v) is 9.19. The number of aromatic nitrogens is 2. The topological polar surface area (TPSA) is 97.1 Å². The van der Waals surface area contributed by atoms with Gasteiger partial charge in [0.05, 0.1) is 17.1 Å². The third-order valence-corrected chi connectivity index (χ3v) is 4.39. The molecular formula is C19H18N4O3S. The van der Waals surface area contributed by atoms with Gasteiger partial charge in [-0.2, -0.15) is 0 Å². The predicted octanol–water partition coefficient (Wildman–Crippen LogP) is 3.67. The van der Waals surface area contributed by atoms with Crippen LogP contribution in [-0.2, 0) is 4.79 Å². The number of hydrogen-bond acceptors (Lipinski definition) is 6. The van der Waals surface area contributed by atoms with Crippen LogP contribution in [0.25, 0.3) is 0 Å². The van der Waals surface area contributed by atoms with Crippen molar-refractivity contribution in [3.63, 3.8) is 0 Å². The third-order valence-electron chi connectivity index (χ3n) is 3.57. The van der Waals surface area contributed by atoms with Crippen molar-refractivity contribution in [2.75, 3.05) is 16.4 Å². The van der Waals surface area contributed by atoms with Crippen molar-refractivity contribution in [3.05, 3.63) is 65.5 Å². The van der Waals surface area contributed by atoms with E-state index in [1.807, 2.05) is 19.1 Å². The van der Waals surface area contributed by atoms with E-state index in [9.17, 15) is 9.59 Å². The maximum Gasteiger partial charge on any atom is 0.277 e. The molecule has 0 radical (unpaired) electrons. The number of anilines is 2.